The van der Waals surface area contributed by atoms with Crippen molar-refractivity contribution < 1.29 is 14.0 Å². The molecule has 1 aromatic carbocycles. The predicted octanol–water partition coefficient (Wildman–Crippen LogP) is 2.76. The summed E-state index contributed by atoms with van der Waals surface area (Å²) in [5, 5.41) is 8.16. The van der Waals surface area contributed by atoms with E-state index in [1.807, 2.05) is 26.2 Å². The Bertz CT molecular complexity index is 747. The second-order valence-electron chi connectivity index (χ2n) is 5.72. The molecule has 0 saturated heterocycles. The van der Waals surface area contributed by atoms with Gasteiger partial charge in [-0.2, -0.15) is 0 Å². The van der Waals surface area contributed by atoms with E-state index in [1.54, 1.807) is 0 Å². The van der Waals surface area contributed by atoms with Crippen LogP contribution in [0.2, 0.25) is 0 Å². The van der Waals surface area contributed by atoms with Gasteiger partial charge in [0.05, 0.1) is 12.1 Å². The van der Waals surface area contributed by atoms with E-state index in [0.29, 0.717) is 6.42 Å². The molecular formula is C17H20FN3O2S. The Kier molecular flexibility index (Phi) is 5.66. The van der Waals surface area contributed by atoms with Crippen LogP contribution in [-0.4, -0.2) is 23.3 Å². The number of nitrogens with one attached hydrogen (secondary N) is 2. The summed E-state index contributed by atoms with van der Waals surface area (Å²) in [6.07, 6.45) is 0.670. The molecule has 2 amide bonds. The first-order valence-electron chi connectivity index (χ1n) is 7.61. The van der Waals surface area contributed by atoms with Crippen molar-refractivity contribution in [2.24, 2.45) is 0 Å². The Morgan fingerprint density at radius 2 is 2.12 bits per heavy atom. The molecule has 2 aromatic rings. The van der Waals surface area contributed by atoms with Gasteiger partial charge in [0.25, 0.3) is 5.91 Å². The topological polar surface area (TPSA) is 71.1 Å². The van der Waals surface area contributed by atoms with Crippen LogP contribution >= 0.6 is 11.3 Å². The molecule has 0 radical (unpaired) electrons. The van der Waals surface area contributed by atoms with Crippen LogP contribution in [0.3, 0.4) is 0 Å². The molecule has 2 N–H and O–H groups in total. The summed E-state index contributed by atoms with van der Waals surface area (Å²) in [5.41, 5.74) is 0.500. The van der Waals surface area contributed by atoms with Crippen molar-refractivity contribution in [3.8, 4) is 0 Å². The summed E-state index contributed by atoms with van der Waals surface area (Å²) < 4.78 is 13.1. The van der Waals surface area contributed by atoms with E-state index in [2.05, 4.69) is 15.6 Å². The van der Waals surface area contributed by atoms with Gasteiger partial charge in [-0.25, -0.2) is 9.37 Å². The lowest BCUT2D eigenvalue weighted by Gasteiger charge is -2.27. The second-order valence-corrected chi connectivity index (χ2v) is 6.58. The predicted molar refractivity (Wildman–Crippen MR) is 91.4 cm³/mol. The molecule has 0 spiro atoms. The summed E-state index contributed by atoms with van der Waals surface area (Å²) in [4.78, 5) is 28.6. The average Bonchev–Trinajstić information content (AvgIpc) is 2.99. The van der Waals surface area contributed by atoms with Crippen LogP contribution in [0.25, 0.3) is 0 Å². The van der Waals surface area contributed by atoms with Gasteiger partial charge in [0.1, 0.15) is 10.8 Å². The molecule has 0 fully saturated rings. The molecule has 1 aromatic heterocycles. The van der Waals surface area contributed by atoms with Crippen molar-refractivity contribution >= 4 is 23.2 Å². The highest BCUT2D eigenvalue weighted by Gasteiger charge is 2.29. The quantitative estimate of drug-likeness (QED) is 0.842. The largest absolute Gasteiger partial charge is 0.343 e. The molecule has 1 unspecified atom stereocenters. The zero-order valence-electron chi connectivity index (χ0n) is 13.9. The molecule has 2 rings (SSSR count). The molecule has 1 atom stereocenters. The summed E-state index contributed by atoms with van der Waals surface area (Å²) in [6.45, 7) is 5.58. The van der Waals surface area contributed by atoms with E-state index in [1.165, 1.54) is 29.5 Å². The number of carbonyl (C=O) groups excluding carboxylic acids is 2. The second kappa shape index (κ2) is 7.53. The fourth-order valence-corrected chi connectivity index (χ4v) is 3.13. The first kappa shape index (κ1) is 18.1. The van der Waals surface area contributed by atoms with Crippen molar-refractivity contribution in [1.82, 2.24) is 15.6 Å². The van der Waals surface area contributed by atoms with Crippen molar-refractivity contribution in [2.75, 3.05) is 6.54 Å². The van der Waals surface area contributed by atoms with E-state index >= 15 is 0 Å². The number of aryl methyl sites for hydroxylation is 1. The highest BCUT2D eigenvalue weighted by Crippen LogP contribution is 2.27. The van der Waals surface area contributed by atoms with Crippen LogP contribution in [0.5, 0.6) is 0 Å². The molecule has 7 heteroatoms. The lowest BCUT2D eigenvalue weighted by Crippen LogP contribution is -2.47. The number of benzene rings is 1. The van der Waals surface area contributed by atoms with Gasteiger partial charge in [-0.15, -0.1) is 11.3 Å². The number of thiazole rings is 1. The number of carbonyl (C=O) groups is 2. The normalized spacial score (nSPS) is 13.2. The molecule has 24 heavy (non-hydrogen) atoms. The van der Waals surface area contributed by atoms with E-state index in [-0.39, 0.29) is 18.0 Å². The van der Waals surface area contributed by atoms with Crippen LogP contribution in [0, 0.1) is 12.7 Å². The van der Waals surface area contributed by atoms with Crippen molar-refractivity contribution in [1.29, 1.82) is 0 Å². The molecule has 5 nitrogen and oxygen atoms in total. The van der Waals surface area contributed by atoms with Crippen LogP contribution in [0.15, 0.2) is 29.6 Å². The maximum atomic E-state index is 13.1. The maximum absolute atomic E-state index is 13.1. The van der Waals surface area contributed by atoms with Gasteiger partial charge in [0.2, 0.25) is 5.91 Å². The van der Waals surface area contributed by atoms with Gasteiger partial charge in [-0.3, -0.25) is 9.59 Å². The SMILES string of the molecule is CCC(C)(NC(=O)CNC(=O)c1cccc(F)c1)c1nc(C)cs1. The van der Waals surface area contributed by atoms with Gasteiger partial charge in [0, 0.05) is 16.6 Å². The fourth-order valence-electron chi connectivity index (χ4n) is 2.14. The van der Waals surface area contributed by atoms with Gasteiger partial charge in [-0.1, -0.05) is 13.0 Å². The molecule has 1 heterocycles. The van der Waals surface area contributed by atoms with Crippen LogP contribution in [-0.2, 0) is 10.3 Å². The minimum atomic E-state index is -0.584. The maximum Gasteiger partial charge on any atom is 0.251 e. The number of rotatable bonds is 6. The molecule has 0 aliphatic carbocycles. The summed E-state index contributed by atoms with van der Waals surface area (Å²) >= 11 is 1.49. The average molecular weight is 349 g/mol. The Balaban J connectivity index is 1.96. The third-order valence-corrected chi connectivity index (χ3v) is 4.93. The zero-order chi connectivity index (χ0) is 17.7. The van der Waals surface area contributed by atoms with Crippen molar-refractivity contribution in [2.45, 2.75) is 32.7 Å². The minimum absolute atomic E-state index is 0.177. The Hall–Kier alpha value is -2.28. The highest BCUT2D eigenvalue weighted by atomic mass is 32.1. The number of amides is 2. The van der Waals surface area contributed by atoms with E-state index < -0.39 is 17.3 Å². The first-order valence-corrected chi connectivity index (χ1v) is 8.49. The van der Waals surface area contributed by atoms with Crippen molar-refractivity contribution in [3.63, 3.8) is 0 Å². The Morgan fingerprint density at radius 1 is 1.38 bits per heavy atom. The molecule has 128 valence electrons. The number of nitrogens with zero attached hydrogens (tertiary/aromatic N) is 1. The molecule has 0 aliphatic heterocycles. The molecular weight excluding hydrogens is 329 g/mol. The highest BCUT2D eigenvalue weighted by molar-refractivity contribution is 7.09. The third kappa shape index (κ3) is 4.38. The standard InChI is InChI=1S/C17H20FN3O2S/c1-4-17(3,16-20-11(2)10-24-16)21-14(22)9-19-15(23)12-6-5-7-13(18)8-12/h5-8,10H,4,9H2,1-3H3,(H,19,23)(H,21,22). The molecule has 0 bridgehead atoms. The number of hydrogen-bond acceptors (Lipinski definition) is 4. The van der Waals surface area contributed by atoms with Crippen molar-refractivity contribution in [3.05, 3.63) is 51.7 Å². The van der Waals surface area contributed by atoms with Gasteiger partial charge >= 0.3 is 0 Å². The van der Waals surface area contributed by atoms with Gasteiger partial charge < -0.3 is 10.6 Å². The van der Waals surface area contributed by atoms with E-state index in [4.69, 9.17) is 0 Å². The van der Waals surface area contributed by atoms with E-state index in [0.717, 1.165) is 16.8 Å². The lowest BCUT2D eigenvalue weighted by molar-refractivity contribution is -0.122. The smallest absolute Gasteiger partial charge is 0.251 e. The number of aromatic nitrogens is 1. The van der Waals surface area contributed by atoms with Crippen LogP contribution < -0.4 is 10.6 Å². The monoisotopic (exact) mass is 349 g/mol. The van der Waals surface area contributed by atoms with Gasteiger partial charge in [-0.05, 0) is 38.5 Å². The number of hydrogen-bond donors (Lipinski definition) is 2. The molecule has 0 aliphatic rings. The van der Waals surface area contributed by atoms with Gasteiger partial charge in [0.15, 0.2) is 0 Å². The minimum Gasteiger partial charge on any atom is -0.343 e. The van der Waals surface area contributed by atoms with Crippen LogP contribution in [0.4, 0.5) is 4.39 Å². The Labute approximate surface area is 144 Å². The lowest BCUT2D eigenvalue weighted by atomic mass is 10.00. The third-order valence-electron chi connectivity index (χ3n) is 3.71. The Morgan fingerprint density at radius 3 is 2.71 bits per heavy atom. The summed E-state index contributed by atoms with van der Waals surface area (Å²) in [5.74, 6) is -1.31. The zero-order valence-corrected chi connectivity index (χ0v) is 14.7. The van der Waals surface area contributed by atoms with Crippen LogP contribution in [0.1, 0.15) is 41.3 Å². The van der Waals surface area contributed by atoms with E-state index in [9.17, 15) is 14.0 Å². The summed E-state index contributed by atoms with van der Waals surface area (Å²) in [6, 6.07) is 5.32. The number of halogens is 1. The summed E-state index contributed by atoms with van der Waals surface area (Å²) in [7, 11) is 0. The molecule has 0 saturated carbocycles. The fraction of sp³-hybridized carbons (Fsp3) is 0.353. The first-order chi connectivity index (χ1) is 11.3.